The maximum atomic E-state index is 12.6. The number of rotatable bonds is 4. The first-order chi connectivity index (χ1) is 9.58. The van der Waals surface area contributed by atoms with Crippen LogP contribution in [0.15, 0.2) is 18.2 Å². The van der Waals surface area contributed by atoms with Gasteiger partial charge in [-0.25, -0.2) is 0 Å². The fraction of sp³-hybridized carbons (Fsp3) is 0.588. The van der Waals surface area contributed by atoms with E-state index in [2.05, 4.69) is 0 Å². The lowest BCUT2D eigenvalue weighted by atomic mass is 9.76. The minimum absolute atomic E-state index is 0.0178. The molecule has 0 aromatic heterocycles. The minimum atomic E-state index is -0.0178. The monoisotopic (exact) mass is 275 g/mol. The molecule has 1 aliphatic carbocycles. The molecule has 110 valence electrons. The van der Waals surface area contributed by atoms with Gasteiger partial charge in [-0.05, 0) is 62.3 Å². The molecule has 0 aliphatic heterocycles. The summed E-state index contributed by atoms with van der Waals surface area (Å²) in [5.41, 5.74) is 2.46. The summed E-state index contributed by atoms with van der Waals surface area (Å²) in [6.07, 6.45) is 3.21. The lowest BCUT2D eigenvalue weighted by Gasteiger charge is -2.32. The second kappa shape index (κ2) is 6.29. The highest BCUT2D eigenvalue weighted by Crippen LogP contribution is 2.39. The fourth-order valence-corrected chi connectivity index (χ4v) is 3.34. The molecule has 2 rings (SSSR count). The lowest BCUT2D eigenvalue weighted by Crippen LogP contribution is -2.37. The van der Waals surface area contributed by atoms with E-state index in [1.807, 2.05) is 37.8 Å². The van der Waals surface area contributed by atoms with Gasteiger partial charge in [0.05, 0.1) is 0 Å². The first-order valence-corrected chi connectivity index (χ1v) is 7.69. The van der Waals surface area contributed by atoms with Gasteiger partial charge in [0.15, 0.2) is 0 Å². The lowest BCUT2D eigenvalue weighted by molar-refractivity contribution is -0.135. The zero-order valence-electron chi connectivity index (χ0n) is 12.7. The Kier molecular flexibility index (Phi) is 4.69. The van der Waals surface area contributed by atoms with Crippen molar-refractivity contribution in [1.29, 1.82) is 0 Å². The molecule has 1 N–H and O–H groups in total. The van der Waals surface area contributed by atoms with Crippen LogP contribution in [0.3, 0.4) is 0 Å². The summed E-state index contributed by atoms with van der Waals surface area (Å²) >= 11 is 0. The van der Waals surface area contributed by atoms with Gasteiger partial charge in [-0.15, -0.1) is 0 Å². The van der Waals surface area contributed by atoms with Crippen molar-refractivity contribution in [3.05, 3.63) is 29.3 Å². The first kappa shape index (κ1) is 14.9. The van der Waals surface area contributed by atoms with E-state index in [0.29, 0.717) is 5.75 Å². The summed E-state index contributed by atoms with van der Waals surface area (Å²) in [5, 5.41) is 9.73. The van der Waals surface area contributed by atoms with Crippen LogP contribution in [0.4, 0.5) is 0 Å². The van der Waals surface area contributed by atoms with Gasteiger partial charge in [-0.2, -0.15) is 0 Å². The van der Waals surface area contributed by atoms with Gasteiger partial charge in [0.1, 0.15) is 5.75 Å². The largest absolute Gasteiger partial charge is 0.508 e. The molecule has 0 saturated carbocycles. The van der Waals surface area contributed by atoms with Gasteiger partial charge in [0.2, 0.25) is 5.91 Å². The third kappa shape index (κ3) is 2.82. The SMILES string of the molecule is CCN(CC)C(=O)C(C)C1CCCc2ccc(O)cc21. The number of carbonyl (C=O) groups is 1. The topological polar surface area (TPSA) is 40.5 Å². The number of hydrogen-bond acceptors (Lipinski definition) is 2. The molecule has 1 aliphatic rings. The number of amides is 1. The first-order valence-electron chi connectivity index (χ1n) is 7.69. The van der Waals surface area contributed by atoms with Gasteiger partial charge in [0.25, 0.3) is 0 Å². The second-order valence-corrected chi connectivity index (χ2v) is 5.68. The number of aromatic hydroxyl groups is 1. The summed E-state index contributed by atoms with van der Waals surface area (Å²) < 4.78 is 0. The zero-order chi connectivity index (χ0) is 14.7. The maximum Gasteiger partial charge on any atom is 0.225 e. The average Bonchev–Trinajstić information content (AvgIpc) is 2.47. The highest BCUT2D eigenvalue weighted by Gasteiger charge is 2.31. The molecule has 1 aromatic rings. The summed E-state index contributed by atoms with van der Waals surface area (Å²) in [4.78, 5) is 14.5. The number of aryl methyl sites for hydroxylation is 1. The number of phenolic OH excluding ortho intramolecular Hbond substituents is 1. The van der Waals surface area contributed by atoms with Crippen molar-refractivity contribution in [2.45, 2.75) is 46.0 Å². The number of nitrogens with zero attached hydrogens (tertiary/aromatic N) is 1. The van der Waals surface area contributed by atoms with E-state index in [-0.39, 0.29) is 17.7 Å². The Morgan fingerprint density at radius 2 is 2.10 bits per heavy atom. The summed E-state index contributed by atoms with van der Waals surface area (Å²) in [7, 11) is 0. The molecule has 0 radical (unpaired) electrons. The Bertz CT molecular complexity index is 480. The van der Waals surface area contributed by atoms with Crippen LogP contribution in [-0.4, -0.2) is 29.0 Å². The molecule has 20 heavy (non-hydrogen) atoms. The molecular formula is C17H25NO2. The van der Waals surface area contributed by atoms with Gasteiger partial charge in [0, 0.05) is 19.0 Å². The number of phenols is 1. The molecule has 0 heterocycles. The predicted molar refractivity (Wildman–Crippen MR) is 80.9 cm³/mol. The fourth-order valence-electron chi connectivity index (χ4n) is 3.34. The Labute approximate surface area is 121 Å². The summed E-state index contributed by atoms with van der Waals surface area (Å²) in [6.45, 7) is 7.60. The van der Waals surface area contributed by atoms with Gasteiger partial charge in [-0.1, -0.05) is 13.0 Å². The molecule has 3 nitrogen and oxygen atoms in total. The average molecular weight is 275 g/mol. The van der Waals surface area contributed by atoms with E-state index in [1.54, 1.807) is 6.07 Å². The van der Waals surface area contributed by atoms with Crippen LogP contribution in [0.5, 0.6) is 5.75 Å². The van der Waals surface area contributed by atoms with Crippen molar-refractivity contribution in [3.63, 3.8) is 0 Å². The highest BCUT2D eigenvalue weighted by molar-refractivity contribution is 5.79. The van der Waals surface area contributed by atoms with Gasteiger partial charge in [-0.3, -0.25) is 4.79 Å². The number of fused-ring (bicyclic) bond motifs is 1. The zero-order valence-corrected chi connectivity index (χ0v) is 12.7. The summed E-state index contributed by atoms with van der Waals surface area (Å²) in [5.74, 6) is 0.754. The van der Waals surface area contributed by atoms with Crippen molar-refractivity contribution >= 4 is 5.91 Å². The van der Waals surface area contributed by atoms with Crippen LogP contribution in [0, 0.1) is 5.92 Å². The van der Waals surface area contributed by atoms with Crippen LogP contribution >= 0.6 is 0 Å². The van der Waals surface area contributed by atoms with E-state index in [0.717, 1.165) is 32.4 Å². The van der Waals surface area contributed by atoms with Crippen molar-refractivity contribution in [3.8, 4) is 5.75 Å². The molecule has 3 heteroatoms. The molecule has 0 spiro atoms. The number of hydrogen-bond donors (Lipinski definition) is 1. The van der Waals surface area contributed by atoms with Crippen LogP contribution in [-0.2, 0) is 11.2 Å². The van der Waals surface area contributed by atoms with E-state index < -0.39 is 0 Å². The third-order valence-corrected chi connectivity index (χ3v) is 4.56. The van der Waals surface area contributed by atoms with Crippen molar-refractivity contribution in [2.75, 3.05) is 13.1 Å². The Balaban J connectivity index is 2.26. The smallest absolute Gasteiger partial charge is 0.225 e. The molecule has 0 saturated heterocycles. The number of carbonyl (C=O) groups excluding carboxylic acids is 1. The predicted octanol–water partition coefficient (Wildman–Crippen LogP) is 3.32. The molecule has 2 unspecified atom stereocenters. The molecule has 0 fully saturated rings. The van der Waals surface area contributed by atoms with Crippen molar-refractivity contribution < 1.29 is 9.90 Å². The Hall–Kier alpha value is -1.51. The minimum Gasteiger partial charge on any atom is -0.508 e. The van der Waals surface area contributed by atoms with E-state index in [1.165, 1.54) is 11.1 Å². The Morgan fingerprint density at radius 3 is 2.75 bits per heavy atom. The molecule has 0 bridgehead atoms. The van der Waals surface area contributed by atoms with E-state index >= 15 is 0 Å². The number of benzene rings is 1. The van der Waals surface area contributed by atoms with Crippen LogP contribution in [0.1, 0.15) is 50.7 Å². The van der Waals surface area contributed by atoms with E-state index in [4.69, 9.17) is 0 Å². The molecule has 2 atom stereocenters. The van der Waals surface area contributed by atoms with E-state index in [9.17, 15) is 9.90 Å². The highest BCUT2D eigenvalue weighted by atomic mass is 16.3. The molecule has 1 amide bonds. The molecular weight excluding hydrogens is 250 g/mol. The molecule has 1 aromatic carbocycles. The van der Waals surface area contributed by atoms with Crippen molar-refractivity contribution in [2.24, 2.45) is 5.92 Å². The summed E-state index contributed by atoms with van der Waals surface area (Å²) in [6, 6.07) is 5.61. The normalized spacial score (nSPS) is 19.2. The Morgan fingerprint density at radius 1 is 1.40 bits per heavy atom. The quantitative estimate of drug-likeness (QED) is 0.915. The van der Waals surface area contributed by atoms with Gasteiger partial charge < -0.3 is 10.0 Å². The van der Waals surface area contributed by atoms with Crippen LogP contribution < -0.4 is 0 Å². The van der Waals surface area contributed by atoms with Crippen LogP contribution in [0.2, 0.25) is 0 Å². The van der Waals surface area contributed by atoms with Crippen molar-refractivity contribution in [1.82, 2.24) is 4.90 Å². The maximum absolute atomic E-state index is 12.6. The van der Waals surface area contributed by atoms with Crippen LogP contribution in [0.25, 0.3) is 0 Å². The standard InChI is InChI=1S/C17H25NO2/c1-4-18(5-2)17(20)12(3)15-8-6-7-13-9-10-14(19)11-16(13)15/h9-12,15,19H,4-8H2,1-3H3. The second-order valence-electron chi connectivity index (χ2n) is 5.68. The van der Waals surface area contributed by atoms with Gasteiger partial charge >= 0.3 is 0 Å². The third-order valence-electron chi connectivity index (χ3n) is 4.56.